The number of aromatic nitrogens is 2. The summed E-state index contributed by atoms with van der Waals surface area (Å²) in [6, 6.07) is 23.0. The van der Waals surface area contributed by atoms with Gasteiger partial charge in [0, 0.05) is 16.4 Å². The van der Waals surface area contributed by atoms with Crippen LogP contribution >= 0.6 is 23.5 Å². The van der Waals surface area contributed by atoms with Crippen LogP contribution in [0.3, 0.4) is 0 Å². The summed E-state index contributed by atoms with van der Waals surface area (Å²) in [7, 11) is 0. The number of hydrogen-bond donors (Lipinski definition) is 0. The lowest BCUT2D eigenvalue weighted by Gasteiger charge is -2.04. The first-order chi connectivity index (χ1) is 10.9. The van der Waals surface area contributed by atoms with E-state index >= 15 is 0 Å². The van der Waals surface area contributed by atoms with E-state index in [1.807, 2.05) is 18.3 Å². The van der Waals surface area contributed by atoms with Gasteiger partial charge in [-0.25, -0.2) is 0 Å². The topological polar surface area (TPSA) is 25.8 Å². The zero-order valence-corrected chi connectivity index (χ0v) is 13.7. The van der Waals surface area contributed by atoms with E-state index in [2.05, 4.69) is 64.8 Å². The van der Waals surface area contributed by atoms with Gasteiger partial charge in [0.05, 0.1) is 6.20 Å². The molecule has 1 aromatic heterocycles. The van der Waals surface area contributed by atoms with Gasteiger partial charge in [-0.1, -0.05) is 72.4 Å². The van der Waals surface area contributed by atoms with Crippen LogP contribution in [0, 0.1) is 0 Å². The van der Waals surface area contributed by atoms with E-state index in [9.17, 15) is 0 Å². The lowest BCUT2D eigenvalue weighted by Crippen LogP contribution is -1.88. The van der Waals surface area contributed by atoms with Crippen LogP contribution in [0.1, 0.15) is 11.1 Å². The number of hydrogen-bond acceptors (Lipinski definition) is 4. The molecule has 1 heterocycles. The molecule has 3 rings (SSSR count). The van der Waals surface area contributed by atoms with E-state index < -0.39 is 0 Å². The molecule has 0 bridgehead atoms. The molecule has 2 nitrogen and oxygen atoms in total. The quantitative estimate of drug-likeness (QED) is 0.592. The second-order valence-electron chi connectivity index (χ2n) is 4.78. The maximum absolute atomic E-state index is 4.21. The van der Waals surface area contributed by atoms with Crippen LogP contribution < -0.4 is 0 Å². The second-order valence-corrected chi connectivity index (χ2v) is 6.82. The maximum Gasteiger partial charge on any atom is 0.120 e. The van der Waals surface area contributed by atoms with Crippen molar-refractivity contribution in [1.82, 2.24) is 10.2 Å². The molecule has 2 aromatic carbocycles. The van der Waals surface area contributed by atoms with E-state index in [1.165, 1.54) is 11.1 Å². The van der Waals surface area contributed by atoms with Crippen molar-refractivity contribution in [1.29, 1.82) is 0 Å². The molecule has 4 heteroatoms. The molecule has 0 radical (unpaired) electrons. The Kier molecular flexibility index (Phi) is 5.51. The number of nitrogens with zero attached hydrogens (tertiary/aromatic N) is 2. The molecule has 0 aliphatic carbocycles. The Balaban J connectivity index is 1.58. The minimum atomic E-state index is 0.919. The molecule has 22 heavy (non-hydrogen) atoms. The van der Waals surface area contributed by atoms with Crippen LogP contribution in [0.5, 0.6) is 0 Å². The van der Waals surface area contributed by atoms with Crippen molar-refractivity contribution in [2.45, 2.75) is 21.4 Å². The summed E-state index contributed by atoms with van der Waals surface area (Å²) in [6.07, 6.45) is 1.83. The highest BCUT2D eigenvalue weighted by molar-refractivity contribution is 7.99. The van der Waals surface area contributed by atoms with Crippen molar-refractivity contribution >= 4 is 23.5 Å². The number of benzene rings is 2. The first-order valence-electron chi connectivity index (χ1n) is 7.06. The Morgan fingerprint density at radius 3 is 1.95 bits per heavy atom. The van der Waals surface area contributed by atoms with Crippen LogP contribution in [0.25, 0.3) is 0 Å². The molecule has 0 fully saturated rings. The predicted molar refractivity (Wildman–Crippen MR) is 94.0 cm³/mol. The summed E-state index contributed by atoms with van der Waals surface area (Å²) in [5.41, 5.74) is 2.62. The average molecular weight is 324 g/mol. The minimum absolute atomic E-state index is 0.919. The van der Waals surface area contributed by atoms with Gasteiger partial charge in [-0.2, -0.15) is 5.10 Å². The first-order valence-corrected chi connectivity index (χ1v) is 9.03. The van der Waals surface area contributed by atoms with Gasteiger partial charge in [0.1, 0.15) is 5.03 Å². The number of thioether (sulfide) groups is 2. The highest BCUT2D eigenvalue weighted by Crippen LogP contribution is 2.26. The normalized spacial score (nSPS) is 10.5. The monoisotopic (exact) mass is 324 g/mol. The van der Waals surface area contributed by atoms with Gasteiger partial charge in [-0.05, 0) is 17.2 Å². The Bertz CT molecular complexity index is 644. The lowest BCUT2D eigenvalue weighted by atomic mass is 10.2. The van der Waals surface area contributed by atoms with Crippen LogP contribution in [0.4, 0.5) is 0 Å². The van der Waals surface area contributed by atoms with Crippen molar-refractivity contribution < 1.29 is 0 Å². The molecule has 0 amide bonds. The fourth-order valence-electron chi connectivity index (χ4n) is 1.95. The molecular formula is C18H16N2S2. The van der Waals surface area contributed by atoms with Crippen molar-refractivity contribution in [2.24, 2.45) is 0 Å². The zero-order valence-electron chi connectivity index (χ0n) is 12.1. The fourth-order valence-corrected chi connectivity index (χ4v) is 3.69. The molecule has 0 aliphatic rings. The Morgan fingerprint density at radius 1 is 0.727 bits per heavy atom. The summed E-state index contributed by atoms with van der Waals surface area (Å²) in [5, 5.41) is 9.30. The van der Waals surface area contributed by atoms with Crippen LogP contribution in [0.2, 0.25) is 0 Å². The van der Waals surface area contributed by atoms with Crippen molar-refractivity contribution in [2.75, 3.05) is 0 Å². The molecule has 0 spiro atoms. The third kappa shape index (κ3) is 4.61. The third-order valence-electron chi connectivity index (χ3n) is 3.08. The van der Waals surface area contributed by atoms with Gasteiger partial charge in [0.25, 0.3) is 0 Å². The standard InChI is InChI=1S/C18H16N2S2/c1-3-7-15(8-4-1)13-21-17-11-18(20-19-12-17)22-14-16-9-5-2-6-10-16/h1-12H,13-14H2. The Hall–Kier alpha value is -1.78. The minimum Gasteiger partial charge on any atom is -0.157 e. The summed E-state index contributed by atoms with van der Waals surface area (Å²) >= 11 is 3.52. The largest absolute Gasteiger partial charge is 0.157 e. The van der Waals surface area contributed by atoms with Crippen molar-refractivity contribution in [3.05, 3.63) is 84.1 Å². The van der Waals surface area contributed by atoms with Crippen molar-refractivity contribution in [3.8, 4) is 0 Å². The molecule has 0 saturated heterocycles. The van der Waals surface area contributed by atoms with Gasteiger partial charge in [0.15, 0.2) is 0 Å². The van der Waals surface area contributed by atoms with E-state index in [4.69, 9.17) is 0 Å². The molecule has 110 valence electrons. The molecule has 0 N–H and O–H groups in total. The van der Waals surface area contributed by atoms with Gasteiger partial charge < -0.3 is 0 Å². The molecule has 3 aromatic rings. The first kappa shape index (κ1) is 15.1. The molecule has 0 saturated carbocycles. The van der Waals surface area contributed by atoms with Gasteiger partial charge in [-0.3, -0.25) is 0 Å². The molecular weight excluding hydrogens is 308 g/mol. The summed E-state index contributed by atoms with van der Waals surface area (Å²) in [5.74, 6) is 1.87. The molecule has 0 aliphatic heterocycles. The highest BCUT2D eigenvalue weighted by atomic mass is 32.2. The maximum atomic E-state index is 4.21. The van der Waals surface area contributed by atoms with E-state index in [0.29, 0.717) is 0 Å². The predicted octanol–water partition coefficient (Wildman–Crippen LogP) is 5.06. The van der Waals surface area contributed by atoms with E-state index in [1.54, 1.807) is 23.5 Å². The Labute approximate surface area is 139 Å². The highest BCUT2D eigenvalue weighted by Gasteiger charge is 2.02. The Morgan fingerprint density at radius 2 is 1.32 bits per heavy atom. The SMILES string of the molecule is c1ccc(CSc2cnnc(SCc3ccccc3)c2)cc1. The van der Waals surface area contributed by atoms with Gasteiger partial charge in [-0.15, -0.1) is 16.9 Å². The van der Waals surface area contributed by atoms with Crippen LogP contribution in [-0.4, -0.2) is 10.2 Å². The van der Waals surface area contributed by atoms with Gasteiger partial charge >= 0.3 is 0 Å². The average Bonchev–Trinajstić information content (AvgIpc) is 2.60. The smallest absolute Gasteiger partial charge is 0.120 e. The second kappa shape index (κ2) is 8.01. The lowest BCUT2D eigenvalue weighted by molar-refractivity contribution is 0.899. The van der Waals surface area contributed by atoms with Gasteiger partial charge in [0.2, 0.25) is 0 Å². The fraction of sp³-hybridized carbons (Fsp3) is 0.111. The molecule has 0 atom stereocenters. The summed E-state index contributed by atoms with van der Waals surface area (Å²) < 4.78 is 0. The van der Waals surface area contributed by atoms with E-state index in [-0.39, 0.29) is 0 Å². The van der Waals surface area contributed by atoms with Crippen molar-refractivity contribution in [3.63, 3.8) is 0 Å². The summed E-state index contributed by atoms with van der Waals surface area (Å²) in [4.78, 5) is 1.16. The number of rotatable bonds is 6. The molecule has 0 unspecified atom stereocenters. The van der Waals surface area contributed by atoms with Crippen LogP contribution in [0.15, 0.2) is 82.8 Å². The third-order valence-corrected chi connectivity index (χ3v) is 5.09. The summed E-state index contributed by atoms with van der Waals surface area (Å²) in [6.45, 7) is 0. The zero-order chi connectivity index (χ0) is 15.0. The van der Waals surface area contributed by atoms with E-state index in [0.717, 1.165) is 21.4 Å². The van der Waals surface area contributed by atoms with Crippen LogP contribution in [-0.2, 0) is 11.5 Å².